The van der Waals surface area contributed by atoms with Gasteiger partial charge in [-0.2, -0.15) is 5.10 Å². The lowest BCUT2D eigenvalue weighted by atomic mass is 10.0. The predicted molar refractivity (Wildman–Crippen MR) is 70.2 cm³/mol. The Hall–Kier alpha value is -1.69. The Morgan fingerprint density at radius 3 is 2.72 bits per heavy atom. The molecular formula is C12H20N4O2. The standard InChI is InChI=1S/C12H20N4O2/c1-8(4-3-5-9(2)13)12(18)14-10-6-7-11(17)16-15-10/h6-9H,3-5,13H2,1-2H3,(H,16,17)(H,14,15,18). The molecule has 0 bridgehead atoms. The van der Waals surface area contributed by atoms with E-state index in [0.717, 1.165) is 19.3 Å². The molecule has 0 aromatic carbocycles. The summed E-state index contributed by atoms with van der Waals surface area (Å²) in [6, 6.07) is 2.97. The van der Waals surface area contributed by atoms with Crippen molar-refractivity contribution < 1.29 is 4.79 Å². The lowest BCUT2D eigenvalue weighted by Crippen LogP contribution is -2.23. The summed E-state index contributed by atoms with van der Waals surface area (Å²) in [6.45, 7) is 3.82. The number of anilines is 1. The molecule has 0 fully saturated rings. The molecule has 1 aromatic heterocycles. The van der Waals surface area contributed by atoms with E-state index >= 15 is 0 Å². The molecule has 1 heterocycles. The number of hydrogen-bond acceptors (Lipinski definition) is 4. The average Bonchev–Trinajstić information content (AvgIpc) is 2.31. The van der Waals surface area contributed by atoms with Gasteiger partial charge in [0.15, 0.2) is 5.82 Å². The summed E-state index contributed by atoms with van der Waals surface area (Å²) in [5.41, 5.74) is 5.35. The summed E-state index contributed by atoms with van der Waals surface area (Å²) in [4.78, 5) is 22.6. The fourth-order valence-corrected chi connectivity index (χ4v) is 1.54. The highest BCUT2D eigenvalue weighted by Crippen LogP contribution is 2.11. The lowest BCUT2D eigenvalue weighted by Gasteiger charge is -2.12. The highest BCUT2D eigenvalue weighted by atomic mass is 16.2. The molecule has 18 heavy (non-hydrogen) atoms. The SMILES string of the molecule is CC(N)CCCC(C)C(=O)Nc1ccc(=O)[nH]n1. The van der Waals surface area contributed by atoms with E-state index in [0.29, 0.717) is 5.82 Å². The first-order chi connectivity index (χ1) is 8.49. The fraction of sp³-hybridized carbons (Fsp3) is 0.583. The number of H-pyrrole nitrogens is 1. The molecule has 0 aliphatic carbocycles. The number of nitrogens with zero attached hydrogens (tertiary/aromatic N) is 1. The van der Waals surface area contributed by atoms with E-state index in [1.54, 1.807) is 0 Å². The third-order valence-corrected chi connectivity index (χ3v) is 2.67. The first-order valence-corrected chi connectivity index (χ1v) is 6.11. The van der Waals surface area contributed by atoms with Gasteiger partial charge in [-0.1, -0.05) is 13.3 Å². The molecule has 0 saturated carbocycles. The van der Waals surface area contributed by atoms with Gasteiger partial charge in [-0.15, -0.1) is 0 Å². The highest BCUT2D eigenvalue weighted by molar-refractivity contribution is 5.91. The predicted octanol–water partition coefficient (Wildman–Crippen LogP) is 0.862. The van der Waals surface area contributed by atoms with Gasteiger partial charge in [-0.25, -0.2) is 5.10 Å². The molecule has 0 aliphatic heterocycles. The van der Waals surface area contributed by atoms with Crippen molar-refractivity contribution in [3.8, 4) is 0 Å². The van der Waals surface area contributed by atoms with Gasteiger partial charge in [0.1, 0.15) is 0 Å². The maximum atomic E-state index is 11.8. The Bertz CT molecular complexity index is 421. The second-order valence-corrected chi connectivity index (χ2v) is 4.60. The van der Waals surface area contributed by atoms with E-state index < -0.39 is 0 Å². The Labute approximate surface area is 106 Å². The van der Waals surface area contributed by atoms with E-state index in [9.17, 15) is 9.59 Å². The molecule has 1 aromatic rings. The van der Waals surface area contributed by atoms with Gasteiger partial charge < -0.3 is 11.1 Å². The van der Waals surface area contributed by atoms with Gasteiger partial charge in [0.25, 0.3) is 5.56 Å². The van der Waals surface area contributed by atoms with E-state index in [1.165, 1.54) is 12.1 Å². The molecule has 2 unspecified atom stereocenters. The smallest absolute Gasteiger partial charge is 0.264 e. The Kier molecular flexibility index (Phi) is 5.51. The summed E-state index contributed by atoms with van der Waals surface area (Å²) < 4.78 is 0. The molecule has 2 atom stereocenters. The highest BCUT2D eigenvalue weighted by Gasteiger charge is 2.13. The zero-order valence-electron chi connectivity index (χ0n) is 10.8. The molecule has 6 heteroatoms. The monoisotopic (exact) mass is 252 g/mol. The number of amides is 1. The van der Waals surface area contributed by atoms with Crippen LogP contribution in [0, 0.1) is 5.92 Å². The molecular weight excluding hydrogens is 232 g/mol. The van der Waals surface area contributed by atoms with Crippen molar-refractivity contribution in [2.24, 2.45) is 11.7 Å². The quantitative estimate of drug-likeness (QED) is 0.699. The number of nitrogens with two attached hydrogens (primary N) is 1. The first kappa shape index (κ1) is 14.4. The van der Waals surface area contributed by atoms with Crippen molar-refractivity contribution in [2.75, 3.05) is 5.32 Å². The molecule has 100 valence electrons. The van der Waals surface area contributed by atoms with Crippen LogP contribution in [0.25, 0.3) is 0 Å². The maximum absolute atomic E-state index is 11.8. The number of rotatable bonds is 6. The maximum Gasteiger partial charge on any atom is 0.264 e. The summed E-state index contributed by atoms with van der Waals surface area (Å²) in [7, 11) is 0. The van der Waals surface area contributed by atoms with Gasteiger partial charge in [0, 0.05) is 18.0 Å². The molecule has 0 aliphatic rings. The second kappa shape index (κ2) is 6.90. The number of aromatic nitrogens is 2. The van der Waals surface area contributed by atoms with Gasteiger partial charge in [0.05, 0.1) is 0 Å². The number of nitrogens with one attached hydrogen (secondary N) is 2. The molecule has 6 nitrogen and oxygen atoms in total. The average molecular weight is 252 g/mol. The van der Waals surface area contributed by atoms with Crippen LogP contribution in [0.3, 0.4) is 0 Å². The fourth-order valence-electron chi connectivity index (χ4n) is 1.54. The van der Waals surface area contributed by atoms with Crippen molar-refractivity contribution in [3.05, 3.63) is 22.5 Å². The van der Waals surface area contributed by atoms with E-state index in [1.807, 2.05) is 13.8 Å². The second-order valence-electron chi connectivity index (χ2n) is 4.60. The van der Waals surface area contributed by atoms with Crippen LogP contribution in [0.1, 0.15) is 33.1 Å². The van der Waals surface area contributed by atoms with Crippen LogP contribution in [-0.4, -0.2) is 22.1 Å². The van der Waals surface area contributed by atoms with Crippen LogP contribution >= 0.6 is 0 Å². The van der Waals surface area contributed by atoms with Crippen LogP contribution in [0.2, 0.25) is 0 Å². The third kappa shape index (κ3) is 5.09. The molecule has 4 N–H and O–H groups in total. The van der Waals surface area contributed by atoms with Crippen LogP contribution in [0.15, 0.2) is 16.9 Å². The minimum Gasteiger partial charge on any atom is -0.328 e. The van der Waals surface area contributed by atoms with E-state index in [2.05, 4.69) is 15.5 Å². The number of hydrogen-bond donors (Lipinski definition) is 3. The summed E-state index contributed by atoms with van der Waals surface area (Å²) in [6.07, 6.45) is 2.62. The summed E-state index contributed by atoms with van der Waals surface area (Å²) in [5.74, 6) is 0.162. The largest absolute Gasteiger partial charge is 0.328 e. The number of carbonyl (C=O) groups is 1. The first-order valence-electron chi connectivity index (χ1n) is 6.11. The van der Waals surface area contributed by atoms with E-state index in [4.69, 9.17) is 5.73 Å². The molecule has 1 rings (SSSR count). The normalized spacial score (nSPS) is 13.9. The third-order valence-electron chi connectivity index (χ3n) is 2.67. The van der Waals surface area contributed by atoms with Crippen LogP contribution in [-0.2, 0) is 4.79 Å². The van der Waals surface area contributed by atoms with Crippen molar-refractivity contribution in [1.82, 2.24) is 10.2 Å². The summed E-state index contributed by atoms with van der Waals surface area (Å²) in [5, 5.41) is 8.64. The lowest BCUT2D eigenvalue weighted by molar-refractivity contribution is -0.119. The minimum absolute atomic E-state index is 0.0979. The number of aromatic amines is 1. The van der Waals surface area contributed by atoms with Crippen molar-refractivity contribution >= 4 is 11.7 Å². The van der Waals surface area contributed by atoms with Gasteiger partial charge >= 0.3 is 0 Å². The molecule has 0 spiro atoms. The zero-order valence-corrected chi connectivity index (χ0v) is 10.8. The number of carbonyl (C=O) groups excluding carboxylic acids is 1. The minimum atomic E-state index is -0.294. The molecule has 0 radical (unpaired) electrons. The Morgan fingerprint density at radius 1 is 1.44 bits per heavy atom. The van der Waals surface area contributed by atoms with Gasteiger partial charge in [0.2, 0.25) is 5.91 Å². The summed E-state index contributed by atoms with van der Waals surface area (Å²) >= 11 is 0. The Morgan fingerprint density at radius 2 is 2.17 bits per heavy atom. The van der Waals surface area contributed by atoms with Gasteiger partial charge in [-0.05, 0) is 25.8 Å². The Balaban J connectivity index is 2.40. The van der Waals surface area contributed by atoms with Crippen LogP contribution in [0.5, 0.6) is 0 Å². The topological polar surface area (TPSA) is 101 Å². The van der Waals surface area contributed by atoms with Crippen molar-refractivity contribution in [1.29, 1.82) is 0 Å². The zero-order chi connectivity index (χ0) is 13.5. The van der Waals surface area contributed by atoms with Crippen molar-refractivity contribution in [3.63, 3.8) is 0 Å². The van der Waals surface area contributed by atoms with Crippen LogP contribution < -0.4 is 16.6 Å². The van der Waals surface area contributed by atoms with Crippen molar-refractivity contribution in [2.45, 2.75) is 39.2 Å². The van der Waals surface area contributed by atoms with Gasteiger partial charge in [-0.3, -0.25) is 9.59 Å². The van der Waals surface area contributed by atoms with Crippen LogP contribution in [0.4, 0.5) is 5.82 Å². The molecule has 1 amide bonds. The van der Waals surface area contributed by atoms with E-state index in [-0.39, 0.29) is 23.4 Å². The molecule has 0 saturated heterocycles.